The third-order valence-electron chi connectivity index (χ3n) is 4.78. The van der Waals surface area contributed by atoms with Gasteiger partial charge in [-0.2, -0.15) is 0 Å². The molecule has 1 aliphatic rings. The number of benzene rings is 1. The molecule has 0 saturated carbocycles. The van der Waals surface area contributed by atoms with Crippen LogP contribution in [0.1, 0.15) is 26.3 Å². The highest BCUT2D eigenvalue weighted by atomic mass is 16.1. The third kappa shape index (κ3) is 4.19. The summed E-state index contributed by atoms with van der Waals surface area (Å²) in [5, 5.41) is 11.8. The van der Waals surface area contributed by atoms with E-state index in [1.807, 2.05) is 24.3 Å². The fourth-order valence-electron chi connectivity index (χ4n) is 3.34. The molecule has 1 aromatic heterocycles. The van der Waals surface area contributed by atoms with Crippen LogP contribution in [0.15, 0.2) is 30.3 Å². The predicted octanol–water partition coefficient (Wildman–Crippen LogP) is 2.94. The van der Waals surface area contributed by atoms with Crippen molar-refractivity contribution in [3.05, 3.63) is 35.9 Å². The lowest BCUT2D eigenvalue weighted by Crippen LogP contribution is -2.49. The molecule has 3 rings (SSSR count). The van der Waals surface area contributed by atoms with Gasteiger partial charge in [-0.3, -0.25) is 9.69 Å². The minimum atomic E-state index is -0.0831. The van der Waals surface area contributed by atoms with Crippen molar-refractivity contribution < 1.29 is 4.79 Å². The molecule has 1 aliphatic heterocycles. The van der Waals surface area contributed by atoms with Crippen molar-refractivity contribution in [3.8, 4) is 11.3 Å². The number of anilines is 2. The smallest absolute Gasteiger partial charge is 0.221 e. The predicted molar refractivity (Wildman–Crippen MR) is 105 cm³/mol. The second kappa shape index (κ2) is 7.83. The Bertz CT molecular complexity index is 782. The molecule has 1 saturated heterocycles. The van der Waals surface area contributed by atoms with Crippen LogP contribution in [0.25, 0.3) is 11.3 Å². The van der Waals surface area contributed by atoms with Crippen LogP contribution in [0.2, 0.25) is 0 Å². The zero-order valence-corrected chi connectivity index (χ0v) is 16.0. The largest absolute Gasteiger partial charge is 0.352 e. The topological polar surface area (TPSA) is 61.4 Å². The molecule has 1 fully saturated rings. The van der Waals surface area contributed by atoms with Crippen LogP contribution in [0, 0.1) is 6.92 Å². The van der Waals surface area contributed by atoms with E-state index in [0.717, 1.165) is 54.5 Å². The lowest BCUT2D eigenvalue weighted by atomic mass is 10.1. The molecule has 0 unspecified atom stereocenters. The number of nitrogens with one attached hydrogen (secondary N) is 1. The van der Waals surface area contributed by atoms with Crippen LogP contribution in [-0.2, 0) is 4.79 Å². The zero-order valence-electron chi connectivity index (χ0n) is 16.0. The van der Waals surface area contributed by atoms with E-state index in [-0.39, 0.29) is 5.91 Å². The molecule has 2 aromatic rings. The highest BCUT2D eigenvalue weighted by Crippen LogP contribution is 2.25. The van der Waals surface area contributed by atoms with Gasteiger partial charge in [-0.1, -0.05) is 12.1 Å². The average molecular weight is 353 g/mol. The Hall–Kier alpha value is -2.47. The number of carbonyl (C=O) groups excluding carboxylic acids is 1. The van der Waals surface area contributed by atoms with Crippen LogP contribution in [0.3, 0.4) is 0 Å². The van der Waals surface area contributed by atoms with Gasteiger partial charge < -0.3 is 10.2 Å². The fraction of sp³-hybridized carbons (Fsp3) is 0.450. The number of rotatable bonds is 4. The summed E-state index contributed by atoms with van der Waals surface area (Å²) in [5.41, 5.74) is 3.66. The Morgan fingerprint density at radius 2 is 1.85 bits per heavy atom. The van der Waals surface area contributed by atoms with Crippen LogP contribution < -0.4 is 10.2 Å². The first kappa shape index (κ1) is 18.3. The fourth-order valence-corrected chi connectivity index (χ4v) is 3.34. The van der Waals surface area contributed by atoms with Crippen LogP contribution in [0.5, 0.6) is 0 Å². The molecular weight excluding hydrogens is 326 g/mol. The van der Waals surface area contributed by atoms with Crippen molar-refractivity contribution in [1.82, 2.24) is 15.1 Å². The molecule has 0 spiro atoms. The van der Waals surface area contributed by atoms with E-state index in [1.165, 1.54) is 6.92 Å². The molecule has 0 aliphatic carbocycles. The normalized spacial score (nSPS) is 15.3. The molecule has 26 heavy (non-hydrogen) atoms. The molecule has 6 heteroatoms. The summed E-state index contributed by atoms with van der Waals surface area (Å²) in [5.74, 6) is 0.885. The third-order valence-corrected chi connectivity index (χ3v) is 4.78. The highest BCUT2D eigenvalue weighted by molar-refractivity contribution is 5.89. The lowest BCUT2D eigenvalue weighted by molar-refractivity contribution is -0.114. The van der Waals surface area contributed by atoms with E-state index < -0.39 is 0 Å². The van der Waals surface area contributed by atoms with Crippen LogP contribution >= 0.6 is 0 Å². The maximum atomic E-state index is 11.3. The summed E-state index contributed by atoms with van der Waals surface area (Å²) in [6.45, 7) is 12.1. The summed E-state index contributed by atoms with van der Waals surface area (Å²) in [6.07, 6.45) is 0. The summed E-state index contributed by atoms with van der Waals surface area (Å²) in [6, 6.07) is 10.3. The van der Waals surface area contributed by atoms with Gasteiger partial charge in [0.15, 0.2) is 5.82 Å². The number of amides is 1. The Morgan fingerprint density at radius 3 is 2.46 bits per heavy atom. The van der Waals surface area contributed by atoms with E-state index in [9.17, 15) is 4.79 Å². The SMILES string of the molecule is CC(=O)Nc1cccc(-c2cc(C)c(N3CCN(C(C)C)CC3)nn2)c1. The van der Waals surface area contributed by atoms with Gasteiger partial charge in [0.05, 0.1) is 5.69 Å². The average Bonchev–Trinajstić information content (AvgIpc) is 2.61. The van der Waals surface area contributed by atoms with Gasteiger partial charge in [-0.25, -0.2) is 0 Å². The van der Waals surface area contributed by atoms with Gasteiger partial charge in [-0.05, 0) is 44.5 Å². The quantitative estimate of drug-likeness (QED) is 0.916. The molecule has 1 amide bonds. The standard InChI is InChI=1S/C20H27N5O/c1-14(2)24-8-10-25(11-9-24)20-15(3)12-19(22-23-20)17-6-5-7-18(13-17)21-16(4)26/h5-7,12-14H,8-11H2,1-4H3,(H,21,26). The summed E-state index contributed by atoms with van der Waals surface area (Å²) in [7, 11) is 0. The van der Waals surface area contributed by atoms with E-state index in [1.54, 1.807) is 0 Å². The van der Waals surface area contributed by atoms with Crippen molar-refractivity contribution in [3.63, 3.8) is 0 Å². The molecule has 0 radical (unpaired) electrons. The van der Waals surface area contributed by atoms with Gasteiger partial charge in [0.1, 0.15) is 0 Å². The molecule has 1 N–H and O–H groups in total. The van der Waals surface area contributed by atoms with E-state index in [2.05, 4.69) is 52.2 Å². The number of carbonyl (C=O) groups is 1. The van der Waals surface area contributed by atoms with Crippen molar-refractivity contribution in [2.24, 2.45) is 0 Å². The van der Waals surface area contributed by atoms with Crippen molar-refractivity contribution >= 4 is 17.4 Å². The van der Waals surface area contributed by atoms with E-state index >= 15 is 0 Å². The molecule has 0 atom stereocenters. The van der Waals surface area contributed by atoms with Crippen LogP contribution in [-0.4, -0.2) is 53.2 Å². The van der Waals surface area contributed by atoms with Gasteiger partial charge in [-0.15, -0.1) is 10.2 Å². The Morgan fingerprint density at radius 1 is 1.12 bits per heavy atom. The lowest BCUT2D eigenvalue weighted by Gasteiger charge is -2.37. The first-order chi connectivity index (χ1) is 12.4. The molecule has 1 aromatic carbocycles. The second-order valence-corrected chi connectivity index (χ2v) is 7.11. The molecule has 0 bridgehead atoms. The molecule has 2 heterocycles. The first-order valence-corrected chi connectivity index (χ1v) is 9.15. The van der Waals surface area contributed by atoms with Gasteiger partial charge in [0.2, 0.25) is 5.91 Å². The van der Waals surface area contributed by atoms with Crippen molar-refractivity contribution in [2.45, 2.75) is 33.7 Å². The minimum Gasteiger partial charge on any atom is -0.352 e. The minimum absolute atomic E-state index is 0.0831. The first-order valence-electron chi connectivity index (χ1n) is 9.15. The number of aryl methyl sites for hydroxylation is 1. The number of hydrogen-bond donors (Lipinski definition) is 1. The Balaban J connectivity index is 1.77. The maximum Gasteiger partial charge on any atom is 0.221 e. The van der Waals surface area contributed by atoms with Gasteiger partial charge in [0, 0.05) is 50.4 Å². The van der Waals surface area contributed by atoms with Gasteiger partial charge >= 0.3 is 0 Å². The van der Waals surface area contributed by atoms with E-state index in [0.29, 0.717) is 6.04 Å². The number of nitrogens with zero attached hydrogens (tertiary/aromatic N) is 4. The van der Waals surface area contributed by atoms with Crippen molar-refractivity contribution in [1.29, 1.82) is 0 Å². The number of piperazine rings is 1. The summed E-state index contributed by atoms with van der Waals surface area (Å²) >= 11 is 0. The number of aromatic nitrogens is 2. The van der Waals surface area contributed by atoms with Crippen LogP contribution in [0.4, 0.5) is 11.5 Å². The molecule has 6 nitrogen and oxygen atoms in total. The summed E-state index contributed by atoms with van der Waals surface area (Å²) in [4.78, 5) is 16.1. The highest BCUT2D eigenvalue weighted by Gasteiger charge is 2.21. The van der Waals surface area contributed by atoms with Crippen molar-refractivity contribution in [2.75, 3.05) is 36.4 Å². The number of hydrogen-bond acceptors (Lipinski definition) is 5. The molecule has 138 valence electrons. The Kier molecular flexibility index (Phi) is 5.52. The maximum absolute atomic E-state index is 11.3. The van der Waals surface area contributed by atoms with E-state index in [4.69, 9.17) is 0 Å². The monoisotopic (exact) mass is 353 g/mol. The van der Waals surface area contributed by atoms with Gasteiger partial charge in [0.25, 0.3) is 0 Å². The summed E-state index contributed by atoms with van der Waals surface area (Å²) < 4.78 is 0. The molecular formula is C20H27N5O. The Labute approximate surface area is 155 Å². The second-order valence-electron chi connectivity index (χ2n) is 7.11. The zero-order chi connectivity index (χ0) is 18.7.